The van der Waals surface area contributed by atoms with Gasteiger partial charge in [-0.25, -0.2) is 9.18 Å². The Hall–Kier alpha value is -2.69. The molecule has 0 atom stereocenters. The maximum atomic E-state index is 13.0. The average Bonchev–Trinajstić information content (AvgIpc) is 2.47. The van der Waals surface area contributed by atoms with Gasteiger partial charge in [-0.15, -0.1) is 0 Å². The number of hydrogen-bond acceptors (Lipinski definition) is 2. The van der Waals surface area contributed by atoms with Crippen LogP contribution in [0.25, 0.3) is 0 Å². The SMILES string of the molecule is O=C(NCCc1ccccc1C(=O)O)c1cccc(F)c1. The predicted molar refractivity (Wildman–Crippen MR) is 75.8 cm³/mol. The number of rotatable bonds is 5. The highest BCUT2D eigenvalue weighted by molar-refractivity contribution is 5.94. The van der Waals surface area contributed by atoms with Gasteiger partial charge in [0.15, 0.2) is 0 Å². The molecule has 108 valence electrons. The van der Waals surface area contributed by atoms with Crippen LogP contribution in [-0.2, 0) is 6.42 Å². The van der Waals surface area contributed by atoms with Gasteiger partial charge in [0, 0.05) is 12.1 Å². The number of amides is 1. The summed E-state index contributed by atoms with van der Waals surface area (Å²) < 4.78 is 13.0. The van der Waals surface area contributed by atoms with Crippen molar-refractivity contribution in [3.05, 3.63) is 71.0 Å². The lowest BCUT2D eigenvalue weighted by molar-refractivity contribution is 0.0695. The van der Waals surface area contributed by atoms with Crippen LogP contribution in [0.3, 0.4) is 0 Å². The number of carbonyl (C=O) groups is 2. The lowest BCUT2D eigenvalue weighted by Crippen LogP contribution is -2.26. The largest absolute Gasteiger partial charge is 0.478 e. The molecule has 0 saturated carbocycles. The number of carboxylic acid groups (broad SMARTS) is 1. The average molecular weight is 287 g/mol. The smallest absolute Gasteiger partial charge is 0.335 e. The van der Waals surface area contributed by atoms with Gasteiger partial charge in [-0.2, -0.15) is 0 Å². The standard InChI is InChI=1S/C16H14FNO3/c17-13-6-3-5-12(10-13)15(19)18-9-8-11-4-1-2-7-14(11)16(20)21/h1-7,10H,8-9H2,(H,18,19)(H,20,21). The van der Waals surface area contributed by atoms with Crippen molar-refractivity contribution in [1.82, 2.24) is 5.32 Å². The maximum absolute atomic E-state index is 13.0. The zero-order chi connectivity index (χ0) is 15.2. The summed E-state index contributed by atoms with van der Waals surface area (Å²) in [6, 6.07) is 12.0. The minimum atomic E-state index is -0.998. The summed E-state index contributed by atoms with van der Waals surface area (Å²) in [5.41, 5.74) is 1.10. The summed E-state index contributed by atoms with van der Waals surface area (Å²) in [6.07, 6.45) is 0.392. The third kappa shape index (κ3) is 3.89. The van der Waals surface area contributed by atoms with Crippen LogP contribution in [0.4, 0.5) is 4.39 Å². The number of carbonyl (C=O) groups excluding carboxylic acids is 1. The van der Waals surface area contributed by atoms with Crippen molar-refractivity contribution < 1.29 is 19.1 Å². The second kappa shape index (κ2) is 6.65. The molecule has 0 bridgehead atoms. The summed E-state index contributed by atoms with van der Waals surface area (Å²) in [6.45, 7) is 0.277. The Morgan fingerprint density at radius 2 is 1.86 bits per heavy atom. The van der Waals surface area contributed by atoms with Gasteiger partial charge >= 0.3 is 5.97 Å². The van der Waals surface area contributed by atoms with Crippen LogP contribution in [0.15, 0.2) is 48.5 Å². The molecule has 0 fully saturated rings. The van der Waals surface area contributed by atoms with E-state index in [2.05, 4.69) is 5.32 Å². The molecule has 2 rings (SSSR count). The van der Waals surface area contributed by atoms with E-state index in [0.29, 0.717) is 12.0 Å². The summed E-state index contributed by atoms with van der Waals surface area (Å²) in [5, 5.41) is 11.7. The molecule has 0 spiro atoms. The molecule has 0 radical (unpaired) electrons. The Balaban J connectivity index is 1.96. The van der Waals surface area contributed by atoms with Crippen molar-refractivity contribution in [2.75, 3.05) is 6.54 Å². The van der Waals surface area contributed by atoms with Gasteiger partial charge in [0.25, 0.3) is 5.91 Å². The highest BCUT2D eigenvalue weighted by Crippen LogP contribution is 2.09. The fourth-order valence-corrected chi connectivity index (χ4v) is 1.99. The monoisotopic (exact) mass is 287 g/mol. The van der Waals surface area contributed by atoms with Crippen molar-refractivity contribution in [2.24, 2.45) is 0 Å². The summed E-state index contributed by atoms with van der Waals surface area (Å²) in [4.78, 5) is 22.9. The molecular formula is C16H14FNO3. The van der Waals surface area contributed by atoms with E-state index in [1.165, 1.54) is 24.3 Å². The zero-order valence-electron chi connectivity index (χ0n) is 11.2. The molecule has 2 aromatic rings. The Kier molecular flexibility index (Phi) is 4.66. The zero-order valence-corrected chi connectivity index (χ0v) is 11.2. The first-order valence-corrected chi connectivity index (χ1v) is 6.43. The Morgan fingerprint density at radius 3 is 2.57 bits per heavy atom. The Labute approximate surface area is 121 Å². The summed E-state index contributed by atoms with van der Waals surface area (Å²) in [5.74, 6) is -1.86. The minimum Gasteiger partial charge on any atom is -0.478 e. The van der Waals surface area contributed by atoms with Gasteiger partial charge in [0.2, 0.25) is 0 Å². The van der Waals surface area contributed by atoms with Crippen LogP contribution in [0.5, 0.6) is 0 Å². The second-order valence-electron chi connectivity index (χ2n) is 4.48. The van der Waals surface area contributed by atoms with Crippen LogP contribution >= 0.6 is 0 Å². The van der Waals surface area contributed by atoms with Crippen LogP contribution in [0.2, 0.25) is 0 Å². The summed E-state index contributed by atoms with van der Waals surface area (Å²) >= 11 is 0. The van der Waals surface area contributed by atoms with E-state index in [0.717, 1.165) is 6.07 Å². The number of hydrogen-bond donors (Lipinski definition) is 2. The first-order chi connectivity index (χ1) is 10.1. The molecule has 0 aromatic heterocycles. The molecule has 4 nitrogen and oxygen atoms in total. The van der Waals surface area contributed by atoms with E-state index in [4.69, 9.17) is 5.11 Å². The molecule has 0 aliphatic rings. The molecule has 0 heterocycles. The Morgan fingerprint density at radius 1 is 1.10 bits per heavy atom. The van der Waals surface area contributed by atoms with Gasteiger partial charge in [0.05, 0.1) is 5.56 Å². The second-order valence-corrected chi connectivity index (χ2v) is 4.48. The first kappa shape index (κ1) is 14.7. The highest BCUT2D eigenvalue weighted by Gasteiger charge is 2.10. The fraction of sp³-hybridized carbons (Fsp3) is 0.125. The Bertz CT molecular complexity index is 670. The van der Waals surface area contributed by atoms with Crippen LogP contribution in [-0.4, -0.2) is 23.5 Å². The van der Waals surface area contributed by atoms with Crippen molar-refractivity contribution in [1.29, 1.82) is 0 Å². The van der Waals surface area contributed by atoms with Gasteiger partial charge in [-0.05, 0) is 36.2 Å². The lowest BCUT2D eigenvalue weighted by atomic mass is 10.0. The first-order valence-electron chi connectivity index (χ1n) is 6.43. The number of aromatic carboxylic acids is 1. The van der Waals surface area contributed by atoms with Gasteiger partial charge in [0.1, 0.15) is 5.82 Å². The molecule has 5 heteroatoms. The molecule has 0 aliphatic heterocycles. The van der Waals surface area contributed by atoms with E-state index < -0.39 is 11.8 Å². The molecular weight excluding hydrogens is 273 g/mol. The van der Waals surface area contributed by atoms with Gasteiger partial charge in [-0.1, -0.05) is 24.3 Å². The third-order valence-corrected chi connectivity index (χ3v) is 3.01. The van der Waals surface area contributed by atoms with Crippen molar-refractivity contribution in [3.8, 4) is 0 Å². The molecule has 0 aliphatic carbocycles. The number of carboxylic acids is 1. The molecule has 2 N–H and O–H groups in total. The minimum absolute atomic E-state index is 0.220. The lowest BCUT2D eigenvalue weighted by Gasteiger charge is -2.07. The predicted octanol–water partition coefficient (Wildman–Crippen LogP) is 2.50. The van der Waals surface area contributed by atoms with E-state index in [1.807, 2.05) is 0 Å². The van der Waals surface area contributed by atoms with E-state index in [-0.39, 0.29) is 23.6 Å². The normalized spacial score (nSPS) is 10.1. The maximum Gasteiger partial charge on any atom is 0.335 e. The number of nitrogens with one attached hydrogen (secondary N) is 1. The molecule has 21 heavy (non-hydrogen) atoms. The topological polar surface area (TPSA) is 66.4 Å². The van der Waals surface area contributed by atoms with Crippen molar-refractivity contribution in [2.45, 2.75) is 6.42 Å². The molecule has 1 amide bonds. The van der Waals surface area contributed by atoms with Gasteiger partial charge in [-0.3, -0.25) is 4.79 Å². The molecule has 0 unspecified atom stereocenters. The van der Waals surface area contributed by atoms with Crippen LogP contribution in [0.1, 0.15) is 26.3 Å². The summed E-state index contributed by atoms with van der Waals surface area (Å²) in [7, 11) is 0. The third-order valence-electron chi connectivity index (χ3n) is 3.01. The van der Waals surface area contributed by atoms with E-state index in [9.17, 15) is 14.0 Å². The molecule has 0 saturated heterocycles. The highest BCUT2D eigenvalue weighted by atomic mass is 19.1. The van der Waals surface area contributed by atoms with Crippen LogP contribution in [0, 0.1) is 5.82 Å². The van der Waals surface area contributed by atoms with Crippen LogP contribution < -0.4 is 5.32 Å². The number of halogens is 1. The van der Waals surface area contributed by atoms with E-state index in [1.54, 1.807) is 18.2 Å². The fourth-order valence-electron chi connectivity index (χ4n) is 1.99. The van der Waals surface area contributed by atoms with Crippen molar-refractivity contribution >= 4 is 11.9 Å². The van der Waals surface area contributed by atoms with Gasteiger partial charge < -0.3 is 10.4 Å². The quantitative estimate of drug-likeness (QED) is 0.888. The number of benzene rings is 2. The van der Waals surface area contributed by atoms with E-state index >= 15 is 0 Å². The van der Waals surface area contributed by atoms with Crippen molar-refractivity contribution in [3.63, 3.8) is 0 Å². The molecule has 2 aromatic carbocycles.